The van der Waals surface area contributed by atoms with Gasteiger partial charge in [-0.3, -0.25) is 4.90 Å². The van der Waals surface area contributed by atoms with Gasteiger partial charge in [0, 0.05) is 50.0 Å². The molecule has 120 valence electrons. The highest BCUT2D eigenvalue weighted by atomic mass is 15.3. The van der Waals surface area contributed by atoms with Gasteiger partial charge in [-0.2, -0.15) is 0 Å². The van der Waals surface area contributed by atoms with E-state index in [-0.39, 0.29) is 5.41 Å². The minimum absolute atomic E-state index is 0.0305. The monoisotopic (exact) mass is 301 g/mol. The summed E-state index contributed by atoms with van der Waals surface area (Å²) in [5.74, 6) is 0. The summed E-state index contributed by atoms with van der Waals surface area (Å²) in [5, 5.41) is 0. The first-order valence-corrected chi connectivity index (χ1v) is 8.02. The molecule has 0 saturated carbocycles. The second-order valence-corrected chi connectivity index (χ2v) is 7.43. The predicted octanol–water partition coefficient (Wildman–Crippen LogP) is 1.96. The molecule has 2 N–H and O–H groups in total. The number of nitrogens with two attached hydrogens (primary N) is 1. The van der Waals surface area contributed by atoms with Crippen LogP contribution in [0.2, 0.25) is 0 Å². The Kier molecular flexibility index (Phi) is 3.87. The number of anilines is 1. The SMILES string of the molecule is CN1CCN(Cc2c(C(C)(C)C)nc3ccc(N)cn23)CC1. The number of rotatable bonds is 2. The number of fused-ring (bicyclic) bond motifs is 1. The number of pyridine rings is 1. The molecule has 0 spiro atoms. The van der Waals surface area contributed by atoms with Crippen molar-refractivity contribution in [2.24, 2.45) is 0 Å². The third-order valence-corrected chi connectivity index (χ3v) is 4.42. The van der Waals surface area contributed by atoms with Crippen LogP contribution in [0.5, 0.6) is 0 Å². The van der Waals surface area contributed by atoms with Gasteiger partial charge in [0.15, 0.2) is 0 Å². The van der Waals surface area contributed by atoms with E-state index in [9.17, 15) is 0 Å². The Bertz CT molecular complexity index is 659. The van der Waals surface area contributed by atoms with Crippen molar-refractivity contribution >= 4 is 11.3 Å². The van der Waals surface area contributed by atoms with Gasteiger partial charge in [0.1, 0.15) is 5.65 Å². The van der Waals surface area contributed by atoms with Crippen LogP contribution in [-0.4, -0.2) is 52.4 Å². The molecule has 22 heavy (non-hydrogen) atoms. The summed E-state index contributed by atoms with van der Waals surface area (Å²) < 4.78 is 2.17. The maximum atomic E-state index is 5.99. The van der Waals surface area contributed by atoms with Gasteiger partial charge in [-0.1, -0.05) is 20.8 Å². The maximum Gasteiger partial charge on any atom is 0.137 e. The second-order valence-electron chi connectivity index (χ2n) is 7.43. The van der Waals surface area contributed by atoms with E-state index in [0.29, 0.717) is 0 Å². The fourth-order valence-electron chi connectivity index (χ4n) is 3.08. The quantitative estimate of drug-likeness (QED) is 0.921. The molecule has 0 radical (unpaired) electrons. The molecule has 0 atom stereocenters. The Morgan fingerprint density at radius 1 is 1.14 bits per heavy atom. The lowest BCUT2D eigenvalue weighted by Gasteiger charge is -2.33. The van der Waals surface area contributed by atoms with Crippen LogP contribution in [0.3, 0.4) is 0 Å². The Balaban J connectivity index is 2.00. The van der Waals surface area contributed by atoms with Crippen LogP contribution in [0.25, 0.3) is 5.65 Å². The fourth-order valence-corrected chi connectivity index (χ4v) is 3.08. The normalized spacial score (nSPS) is 18.2. The van der Waals surface area contributed by atoms with E-state index in [2.05, 4.69) is 42.0 Å². The van der Waals surface area contributed by atoms with Gasteiger partial charge in [-0.05, 0) is 19.2 Å². The number of aromatic nitrogens is 2. The Hall–Kier alpha value is -1.59. The Morgan fingerprint density at radius 2 is 1.82 bits per heavy atom. The molecule has 0 bridgehead atoms. The summed E-state index contributed by atoms with van der Waals surface area (Å²) in [6.45, 7) is 12.1. The molecule has 5 heteroatoms. The molecule has 1 aliphatic heterocycles. The number of nitrogens with zero attached hydrogens (tertiary/aromatic N) is 4. The summed E-state index contributed by atoms with van der Waals surface area (Å²) in [5.41, 5.74) is 10.3. The van der Waals surface area contributed by atoms with Crippen LogP contribution in [-0.2, 0) is 12.0 Å². The molecule has 5 nitrogen and oxygen atoms in total. The lowest BCUT2D eigenvalue weighted by Crippen LogP contribution is -2.44. The van der Waals surface area contributed by atoms with E-state index < -0.39 is 0 Å². The van der Waals surface area contributed by atoms with Crippen molar-refractivity contribution in [3.05, 3.63) is 29.7 Å². The topological polar surface area (TPSA) is 49.8 Å². The Labute approximate surface area is 132 Å². The minimum Gasteiger partial charge on any atom is -0.398 e. The molecule has 2 aromatic rings. The van der Waals surface area contributed by atoms with Crippen molar-refractivity contribution in [1.29, 1.82) is 0 Å². The lowest BCUT2D eigenvalue weighted by molar-refractivity contribution is 0.146. The van der Waals surface area contributed by atoms with Crippen LogP contribution >= 0.6 is 0 Å². The average Bonchev–Trinajstić information content (AvgIpc) is 2.80. The highest BCUT2D eigenvalue weighted by molar-refractivity contribution is 5.51. The number of hydrogen-bond donors (Lipinski definition) is 1. The predicted molar refractivity (Wildman–Crippen MR) is 91.1 cm³/mol. The molecule has 0 aliphatic carbocycles. The van der Waals surface area contributed by atoms with Gasteiger partial charge in [-0.15, -0.1) is 0 Å². The third kappa shape index (κ3) is 2.96. The molecule has 1 aliphatic rings. The summed E-state index contributed by atoms with van der Waals surface area (Å²) in [6, 6.07) is 3.94. The van der Waals surface area contributed by atoms with E-state index in [4.69, 9.17) is 10.7 Å². The van der Waals surface area contributed by atoms with Gasteiger partial charge in [0.2, 0.25) is 0 Å². The first-order valence-electron chi connectivity index (χ1n) is 8.02. The first-order chi connectivity index (χ1) is 10.3. The number of piperazine rings is 1. The largest absolute Gasteiger partial charge is 0.398 e. The molecule has 2 aromatic heterocycles. The molecular formula is C17H27N5. The minimum atomic E-state index is 0.0305. The summed E-state index contributed by atoms with van der Waals surface area (Å²) in [6.07, 6.45) is 2.00. The molecule has 1 fully saturated rings. The van der Waals surface area contributed by atoms with Gasteiger partial charge in [-0.25, -0.2) is 4.98 Å². The number of hydrogen-bond acceptors (Lipinski definition) is 4. The van der Waals surface area contributed by atoms with Crippen molar-refractivity contribution in [3.63, 3.8) is 0 Å². The molecular weight excluding hydrogens is 274 g/mol. The third-order valence-electron chi connectivity index (χ3n) is 4.42. The number of likely N-dealkylation sites (N-methyl/N-ethyl adjacent to an activating group) is 1. The molecule has 0 unspecified atom stereocenters. The summed E-state index contributed by atoms with van der Waals surface area (Å²) >= 11 is 0. The van der Waals surface area contributed by atoms with Gasteiger partial charge < -0.3 is 15.0 Å². The molecule has 3 rings (SSSR count). The number of nitrogen functional groups attached to an aromatic ring is 1. The van der Waals surface area contributed by atoms with E-state index in [1.54, 1.807) is 0 Å². The summed E-state index contributed by atoms with van der Waals surface area (Å²) in [7, 11) is 2.19. The maximum absolute atomic E-state index is 5.99. The highest BCUT2D eigenvalue weighted by Crippen LogP contribution is 2.28. The standard InChI is InChI=1S/C17H27N5/c1-17(2,3)16-14(12-21-9-7-20(4)8-10-21)22-11-13(18)5-6-15(22)19-16/h5-6,11H,7-10,12,18H2,1-4H3. The van der Waals surface area contributed by atoms with Gasteiger partial charge in [0.05, 0.1) is 11.4 Å². The molecule has 3 heterocycles. The van der Waals surface area contributed by atoms with Crippen molar-refractivity contribution in [2.45, 2.75) is 32.7 Å². The first kappa shape index (κ1) is 15.3. The highest BCUT2D eigenvalue weighted by Gasteiger charge is 2.26. The zero-order valence-corrected chi connectivity index (χ0v) is 14.1. The van der Waals surface area contributed by atoms with Gasteiger partial charge in [0.25, 0.3) is 0 Å². The van der Waals surface area contributed by atoms with E-state index in [1.165, 1.54) is 11.4 Å². The van der Waals surface area contributed by atoms with E-state index in [0.717, 1.165) is 44.1 Å². The second kappa shape index (κ2) is 5.56. The zero-order valence-electron chi connectivity index (χ0n) is 14.1. The van der Waals surface area contributed by atoms with E-state index in [1.807, 2.05) is 18.3 Å². The van der Waals surface area contributed by atoms with Crippen LogP contribution in [0, 0.1) is 0 Å². The van der Waals surface area contributed by atoms with Crippen molar-refractivity contribution in [3.8, 4) is 0 Å². The number of imidazole rings is 1. The van der Waals surface area contributed by atoms with Crippen LogP contribution in [0.1, 0.15) is 32.2 Å². The van der Waals surface area contributed by atoms with Crippen molar-refractivity contribution in [1.82, 2.24) is 19.2 Å². The molecule has 0 aromatic carbocycles. The van der Waals surface area contributed by atoms with Crippen molar-refractivity contribution in [2.75, 3.05) is 39.0 Å². The van der Waals surface area contributed by atoms with Crippen LogP contribution < -0.4 is 5.73 Å². The van der Waals surface area contributed by atoms with Crippen molar-refractivity contribution < 1.29 is 0 Å². The lowest BCUT2D eigenvalue weighted by atomic mass is 9.90. The smallest absolute Gasteiger partial charge is 0.137 e. The molecule has 1 saturated heterocycles. The average molecular weight is 301 g/mol. The summed E-state index contributed by atoms with van der Waals surface area (Å²) in [4.78, 5) is 9.77. The van der Waals surface area contributed by atoms with Crippen LogP contribution in [0.15, 0.2) is 18.3 Å². The van der Waals surface area contributed by atoms with E-state index >= 15 is 0 Å². The zero-order chi connectivity index (χ0) is 15.9. The Morgan fingerprint density at radius 3 is 2.45 bits per heavy atom. The van der Waals surface area contributed by atoms with Gasteiger partial charge >= 0.3 is 0 Å². The fraction of sp³-hybridized carbons (Fsp3) is 0.588. The molecule has 0 amide bonds. The van der Waals surface area contributed by atoms with Crippen LogP contribution in [0.4, 0.5) is 5.69 Å².